The summed E-state index contributed by atoms with van der Waals surface area (Å²) in [6.45, 7) is 4.26. The lowest BCUT2D eigenvalue weighted by atomic mass is 9.68. The average molecular weight is 521 g/mol. The number of aromatic amines is 1. The first kappa shape index (κ1) is 25.4. The lowest BCUT2D eigenvalue weighted by molar-refractivity contribution is -0.132. The lowest BCUT2D eigenvalue weighted by Gasteiger charge is -2.40. The Labute approximate surface area is 229 Å². The molecule has 200 valence electrons. The van der Waals surface area contributed by atoms with Gasteiger partial charge in [0.1, 0.15) is 6.04 Å². The van der Waals surface area contributed by atoms with Crippen molar-refractivity contribution < 1.29 is 9.59 Å². The maximum atomic E-state index is 14.1. The standard InChI is InChI=1S/C33H36N4O2/c1-22-7-6-8-23(17-22)20-36-32(39)30(19-25-21-35-29-12-5-3-10-26(25)29)37-31(38)28-18-24-9-2-4-11-27(24)33(28)13-15-34-16-14-33/h2-12,17,21,28,30,34-35H,13-16,18-20H2,1H3,(H,36,39)(H,37,38)/t28?,30-/m0/s1. The quantitative estimate of drug-likeness (QED) is 0.293. The smallest absolute Gasteiger partial charge is 0.243 e. The predicted octanol–water partition coefficient (Wildman–Crippen LogP) is 4.31. The highest BCUT2D eigenvalue weighted by molar-refractivity contribution is 5.91. The Morgan fingerprint density at radius 3 is 2.64 bits per heavy atom. The number of H-pyrrole nitrogens is 1. The fraction of sp³-hybridized carbons (Fsp3) is 0.333. The molecule has 2 amide bonds. The Kier molecular flexibility index (Phi) is 6.96. The zero-order chi connectivity index (χ0) is 26.8. The second-order valence-electron chi connectivity index (χ2n) is 11.2. The van der Waals surface area contributed by atoms with Crippen molar-refractivity contribution in [3.05, 3.63) is 107 Å². The third-order valence-electron chi connectivity index (χ3n) is 8.74. The molecule has 39 heavy (non-hydrogen) atoms. The van der Waals surface area contributed by atoms with Gasteiger partial charge in [0, 0.05) is 35.5 Å². The van der Waals surface area contributed by atoms with Gasteiger partial charge in [-0.3, -0.25) is 9.59 Å². The van der Waals surface area contributed by atoms with Gasteiger partial charge in [-0.25, -0.2) is 0 Å². The number of aromatic nitrogens is 1. The van der Waals surface area contributed by atoms with Gasteiger partial charge in [0.15, 0.2) is 0 Å². The van der Waals surface area contributed by atoms with E-state index in [0.29, 0.717) is 19.4 Å². The SMILES string of the molecule is Cc1cccc(CNC(=O)[C@H](Cc2c[nH]c3ccccc23)NC(=O)C2Cc3ccccc3C23CCNCC3)c1. The number of para-hydroxylation sites is 1. The zero-order valence-electron chi connectivity index (χ0n) is 22.4. The van der Waals surface area contributed by atoms with Gasteiger partial charge in [0.25, 0.3) is 0 Å². The summed E-state index contributed by atoms with van der Waals surface area (Å²) >= 11 is 0. The van der Waals surface area contributed by atoms with Crippen LogP contribution in [0.1, 0.15) is 40.7 Å². The van der Waals surface area contributed by atoms with E-state index in [1.807, 2.05) is 49.5 Å². The largest absolute Gasteiger partial charge is 0.361 e. The van der Waals surface area contributed by atoms with Gasteiger partial charge in [-0.1, -0.05) is 72.3 Å². The Balaban J connectivity index is 1.26. The van der Waals surface area contributed by atoms with Gasteiger partial charge < -0.3 is 20.9 Å². The maximum absolute atomic E-state index is 14.1. The molecule has 1 aliphatic heterocycles. The van der Waals surface area contributed by atoms with E-state index in [-0.39, 0.29) is 23.1 Å². The van der Waals surface area contributed by atoms with Crippen molar-refractivity contribution in [1.82, 2.24) is 20.9 Å². The van der Waals surface area contributed by atoms with Crippen LogP contribution in [0.15, 0.2) is 79.0 Å². The van der Waals surface area contributed by atoms with Crippen LogP contribution in [-0.4, -0.2) is 35.9 Å². The number of hydrogen-bond acceptors (Lipinski definition) is 3. The molecule has 0 bridgehead atoms. The number of carbonyl (C=O) groups is 2. The van der Waals surface area contributed by atoms with Crippen LogP contribution in [0.3, 0.4) is 0 Å². The van der Waals surface area contributed by atoms with Gasteiger partial charge in [-0.15, -0.1) is 0 Å². The van der Waals surface area contributed by atoms with Crippen LogP contribution in [0.2, 0.25) is 0 Å². The molecule has 1 aliphatic carbocycles. The van der Waals surface area contributed by atoms with Gasteiger partial charge in [-0.2, -0.15) is 0 Å². The van der Waals surface area contributed by atoms with Crippen molar-refractivity contribution in [1.29, 1.82) is 0 Å². The first-order valence-electron chi connectivity index (χ1n) is 14.0. The number of amides is 2. The minimum atomic E-state index is -0.677. The van der Waals surface area contributed by atoms with Crippen LogP contribution in [0.4, 0.5) is 0 Å². The molecule has 4 N–H and O–H groups in total. The fourth-order valence-corrected chi connectivity index (χ4v) is 6.76. The van der Waals surface area contributed by atoms with Crippen LogP contribution in [0.25, 0.3) is 10.9 Å². The van der Waals surface area contributed by atoms with Crippen LogP contribution in [-0.2, 0) is 34.4 Å². The highest BCUT2D eigenvalue weighted by atomic mass is 16.2. The second kappa shape index (κ2) is 10.7. The van der Waals surface area contributed by atoms with Crippen LogP contribution < -0.4 is 16.0 Å². The molecule has 4 aromatic rings. The number of fused-ring (bicyclic) bond motifs is 3. The van der Waals surface area contributed by atoms with Crippen LogP contribution in [0, 0.1) is 12.8 Å². The Bertz CT molecular complexity index is 1500. The molecule has 1 unspecified atom stereocenters. The van der Waals surface area contributed by atoms with Gasteiger partial charge in [-0.05, 0) is 67.6 Å². The van der Waals surface area contributed by atoms with E-state index in [2.05, 4.69) is 57.3 Å². The summed E-state index contributed by atoms with van der Waals surface area (Å²) < 4.78 is 0. The summed E-state index contributed by atoms with van der Waals surface area (Å²) in [5.41, 5.74) is 6.62. The van der Waals surface area contributed by atoms with E-state index in [9.17, 15) is 9.59 Å². The van der Waals surface area contributed by atoms with Crippen molar-refractivity contribution >= 4 is 22.7 Å². The Hall–Kier alpha value is -3.90. The lowest BCUT2D eigenvalue weighted by Crippen LogP contribution is -2.54. The second-order valence-corrected chi connectivity index (χ2v) is 11.2. The van der Waals surface area contributed by atoms with Gasteiger partial charge in [0.05, 0.1) is 5.92 Å². The predicted molar refractivity (Wildman–Crippen MR) is 154 cm³/mol. The molecule has 1 spiro atoms. The maximum Gasteiger partial charge on any atom is 0.243 e. The Morgan fingerprint density at radius 2 is 1.79 bits per heavy atom. The number of piperidine rings is 1. The normalized spacial score (nSPS) is 18.5. The zero-order valence-corrected chi connectivity index (χ0v) is 22.4. The third kappa shape index (κ3) is 4.97. The van der Waals surface area contributed by atoms with E-state index >= 15 is 0 Å². The molecule has 6 nitrogen and oxygen atoms in total. The number of nitrogens with one attached hydrogen (secondary N) is 4. The molecule has 6 heteroatoms. The number of benzene rings is 3. The third-order valence-corrected chi connectivity index (χ3v) is 8.74. The molecule has 2 aliphatic rings. The monoisotopic (exact) mass is 520 g/mol. The topological polar surface area (TPSA) is 86.0 Å². The van der Waals surface area contributed by atoms with E-state index in [1.54, 1.807) is 0 Å². The molecular weight excluding hydrogens is 484 g/mol. The molecule has 1 aromatic heterocycles. The number of hydrogen-bond donors (Lipinski definition) is 4. The molecule has 6 rings (SSSR count). The summed E-state index contributed by atoms with van der Waals surface area (Å²) in [6, 6.07) is 24.0. The minimum absolute atomic E-state index is 0.0244. The summed E-state index contributed by atoms with van der Waals surface area (Å²) in [5.74, 6) is -0.374. The first-order chi connectivity index (χ1) is 19.0. The number of rotatable bonds is 7. The van der Waals surface area contributed by atoms with Crippen LogP contribution >= 0.6 is 0 Å². The molecule has 1 saturated heterocycles. The van der Waals surface area contributed by atoms with Crippen LogP contribution in [0.5, 0.6) is 0 Å². The molecule has 2 atom stereocenters. The molecule has 0 saturated carbocycles. The van der Waals surface area contributed by atoms with Crippen molar-refractivity contribution in [3.63, 3.8) is 0 Å². The highest BCUT2D eigenvalue weighted by Crippen LogP contribution is 2.49. The molecule has 0 radical (unpaired) electrons. The fourth-order valence-electron chi connectivity index (χ4n) is 6.76. The van der Waals surface area contributed by atoms with E-state index < -0.39 is 6.04 Å². The van der Waals surface area contributed by atoms with Crippen molar-refractivity contribution in [2.75, 3.05) is 13.1 Å². The van der Waals surface area contributed by atoms with Gasteiger partial charge in [0.2, 0.25) is 11.8 Å². The summed E-state index contributed by atoms with van der Waals surface area (Å²) in [4.78, 5) is 31.1. The van der Waals surface area contributed by atoms with Gasteiger partial charge >= 0.3 is 0 Å². The van der Waals surface area contributed by atoms with E-state index in [0.717, 1.165) is 53.5 Å². The Morgan fingerprint density at radius 1 is 1.00 bits per heavy atom. The molecular formula is C33H36N4O2. The number of carbonyl (C=O) groups excluding carboxylic acids is 2. The average Bonchev–Trinajstić information content (AvgIpc) is 3.51. The highest BCUT2D eigenvalue weighted by Gasteiger charge is 2.50. The summed E-state index contributed by atoms with van der Waals surface area (Å²) in [6.07, 6.45) is 4.94. The number of aryl methyl sites for hydroxylation is 1. The molecule has 1 fully saturated rings. The van der Waals surface area contributed by atoms with Crippen molar-refractivity contribution in [2.45, 2.75) is 50.6 Å². The molecule has 2 heterocycles. The van der Waals surface area contributed by atoms with E-state index in [4.69, 9.17) is 0 Å². The summed E-state index contributed by atoms with van der Waals surface area (Å²) in [5, 5.41) is 10.9. The minimum Gasteiger partial charge on any atom is -0.361 e. The van der Waals surface area contributed by atoms with Crippen molar-refractivity contribution in [2.24, 2.45) is 5.92 Å². The summed E-state index contributed by atoms with van der Waals surface area (Å²) in [7, 11) is 0. The molecule has 3 aromatic carbocycles. The van der Waals surface area contributed by atoms with Crippen molar-refractivity contribution in [3.8, 4) is 0 Å². The van der Waals surface area contributed by atoms with E-state index in [1.165, 1.54) is 11.1 Å². The first-order valence-corrected chi connectivity index (χ1v) is 14.0.